The number of fused-ring (bicyclic) bond motifs is 3. The van der Waals surface area contributed by atoms with Gasteiger partial charge in [-0.1, -0.05) is 62.1 Å². The van der Waals surface area contributed by atoms with Crippen LogP contribution >= 0.6 is 12.6 Å². The van der Waals surface area contributed by atoms with Crippen molar-refractivity contribution < 1.29 is 9.84 Å². The van der Waals surface area contributed by atoms with Gasteiger partial charge in [0.15, 0.2) is 0 Å². The quantitative estimate of drug-likeness (QED) is 0.246. The second kappa shape index (κ2) is 15.8. The van der Waals surface area contributed by atoms with Crippen LogP contribution in [-0.2, 0) is 4.74 Å². The topological polar surface area (TPSA) is 29.5 Å². The second-order valence-electron chi connectivity index (χ2n) is 12.9. The number of aliphatic hydroxyl groups is 1. The number of ether oxygens (including phenoxy) is 1. The fraction of sp³-hybridized carbons (Fsp3) is 0.818. The summed E-state index contributed by atoms with van der Waals surface area (Å²) in [7, 11) is 0. The van der Waals surface area contributed by atoms with Crippen LogP contribution in [0.2, 0.25) is 0 Å². The number of hydrogen-bond donors (Lipinski definition) is 2. The maximum Gasteiger partial charge on any atom is 0.0688 e. The number of allylic oxidation sites excluding steroid dienone is 5. The Bertz CT molecular complexity index is 726. The second-order valence-corrected chi connectivity index (χ2v) is 12.9. The zero-order valence-corrected chi connectivity index (χ0v) is 26.3. The van der Waals surface area contributed by atoms with E-state index in [4.69, 9.17) is 9.84 Å². The smallest absolute Gasteiger partial charge is 0.0688 e. The van der Waals surface area contributed by atoms with Crippen molar-refractivity contribution >= 4 is 12.6 Å². The lowest BCUT2D eigenvalue weighted by molar-refractivity contribution is -0.147. The molecule has 3 fully saturated rings. The summed E-state index contributed by atoms with van der Waals surface area (Å²) in [6.07, 6.45) is 22.1. The molecule has 0 aromatic rings. The fourth-order valence-electron chi connectivity index (χ4n) is 7.47. The number of hydrogen-bond acceptors (Lipinski definition) is 3. The first-order chi connectivity index (χ1) is 16.9. The summed E-state index contributed by atoms with van der Waals surface area (Å²) < 4.78 is 6.13. The van der Waals surface area contributed by atoms with Crippen molar-refractivity contribution in [3.63, 3.8) is 0 Å². The van der Waals surface area contributed by atoms with Gasteiger partial charge in [0.1, 0.15) is 0 Å². The molecule has 3 rings (SSSR count). The Labute approximate surface area is 230 Å². The molecule has 210 valence electrons. The Balaban J connectivity index is 0.000000337. The summed E-state index contributed by atoms with van der Waals surface area (Å²) in [5, 5.41) is 8.71. The molecule has 1 N–H and O–H groups in total. The van der Waals surface area contributed by atoms with Crippen LogP contribution in [0.1, 0.15) is 126 Å². The van der Waals surface area contributed by atoms with Crippen molar-refractivity contribution in [2.24, 2.45) is 22.7 Å². The van der Waals surface area contributed by atoms with Gasteiger partial charge >= 0.3 is 0 Å². The molecule has 36 heavy (non-hydrogen) atoms. The van der Waals surface area contributed by atoms with Gasteiger partial charge in [-0.2, -0.15) is 12.6 Å². The van der Waals surface area contributed by atoms with Gasteiger partial charge in [-0.3, -0.25) is 0 Å². The highest BCUT2D eigenvalue weighted by molar-refractivity contribution is 7.79. The minimum absolute atomic E-state index is 0.207. The molecule has 0 radical (unpaired) electrons. The van der Waals surface area contributed by atoms with Gasteiger partial charge in [0.05, 0.1) is 5.60 Å². The molecule has 0 aromatic heterocycles. The molecule has 0 unspecified atom stereocenters. The van der Waals surface area contributed by atoms with Crippen LogP contribution in [0.15, 0.2) is 34.9 Å². The summed E-state index contributed by atoms with van der Waals surface area (Å²) in [5.74, 6) is 1.73. The van der Waals surface area contributed by atoms with E-state index < -0.39 is 0 Å². The van der Waals surface area contributed by atoms with E-state index in [1.54, 1.807) is 6.26 Å². The van der Waals surface area contributed by atoms with E-state index in [1.807, 2.05) is 0 Å². The molecule has 2 nitrogen and oxygen atoms in total. The van der Waals surface area contributed by atoms with Gasteiger partial charge in [0.2, 0.25) is 0 Å². The number of rotatable bonds is 8. The predicted octanol–water partition coefficient (Wildman–Crippen LogP) is 9.74. The van der Waals surface area contributed by atoms with E-state index in [0.717, 1.165) is 44.1 Å². The third-order valence-electron chi connectivity index (χ3n) is 9.32. The van der Waals surface area contributed by atoms with E-state index in [9.17, 15) is 0 Å². The first-order valence-corrected chi connectivity index (χ1v) is 15.5. The Morgan fingerprint density at radius 2 is 1.39 bits per heavy atom. The van der Waals surface area contributed by atoms with Crippen LogP contribution in [0.5, 0.6) is 0 Å². The van der Waals surface area contributed by atoms with Crippen molar-refractivity contribution in [2.75, 3.05) is 19.5 Å². The molecule has 0 spiro atoms. The molecule has 3 aliphatic rings. The molecule has 2 saturated carbocycles. The highest BCUT2D eigenvalue weighted by atomic mass is 32.1. The first kappa shape index (κ1) is 33.5. The van der Waals surface area contributed by atoms with Crippen molar-refractivity contribution in [3.05, 3.63) is 34.9 Å². The Morgan fingerprint density at radius 1 is 0.806 bits per heavy atom. The van der Waals surface area contributed by atoms with Crippen molar-refractivity contribution in [1.29, 1.82) is 0 Å². The average molecular weight is 521 g/mol. The SMILES string of the molecule is CC(C)=CCC/C(C)=C/CC/C(C)=C/CCO.CC1(C)CCC[C@]2(C)[C@H]3CCO[C@]3(C)CC[C@@H]12.CS. The van der Waals surface area contributed by atoms with E-state index >= 15 is 0 Å². The van der Waals surface area contributed by atoms with E-state index in [-0.39, 0.29) is 12.2 Å². The maximum absolute atomic E-state index is 8.71. The lowest BCUT2D eigenvalue weighted by Crippen LogP contribution is -2.55. The van der Waals surface area contributed by atoms with Gasteiger partial charge in [-0.15, -0.1) is 0 Å². The molecule has 0 aromatic carbocycles. The van der Waals surface area contributed by atoms with Crippen molar-refractivity contribution in [1.82, 2.24) is 0 Å². The Hall–Kier alpha value is -0.510. The van der Waals surface area contributed by atoms with E-state index in [0.29, 0.717) is 10.8 Å². The monoisotopic (exact) mass is 520 g/mol. The largest absolute Gasteiger partial charge is 0.396 e. The molecule has 2 aliphatic carbocycles. The zero-order chi connectivity index (χ0) is 27.4. The van der Waals surface area contributed by atoms with Gasteiger partial charge in [-0.25, -0.2) is 0 Å². The van der Waals surface area contributed by atoms with Gasteiger partial charge in [0.25, 0.3) is 0 Å². The highest BCUT2D eigenvalue weighted by Crippen LogP contribution is 2.64. The highest BCUT2D eigenvalue weighted by Gasteiger charge is 2.60. The lowest BCUT2D eigenvalue weighted by atomic mass is 9.46. The molecule has 1 saturated heterocycles. The average Bonchev–Trinajstić information content (AvgIpc) is 3.22. The third-order valence-corrected chi connectivity index (χ3v) is 9.32. The van der Waals surface area contributed by atoms with Crippen LogP contribution in [0, 0.1) is 22.7 Å². The maximum atomic E-state index is 8.71. The van der Waals surface area contributed by atoms with Crippen LogP contribution in [0.3, 0.4) is 0 Å². The molecule has 3 heteroatoms. The van der Waals surface area contributed by atoms with Crippen LogP contribution < -0.4 is 0 Å². The summed E-state index contributed by atoms with van der Waals surface area (Å²) in [6, 6.07) is 0. The third kappa shape index (κ3) is 9.66. The normalized spacial score (nSPS) is 31.2. The van der Waals surface area contributed by atoms with Crippen LogP contribution in [0.4, 0.5) is 0 Å². The predicted molar refractivity (Wildman–Crippen MR) is 163 cm³/mol. The molecular formula is C33H60O2S. The van der Waals surface area contributed by atoms with Crippen molar-refractivity contribution in [2.45, 2.75) is 132 Å². The van der Waals surface area contributed by atoms with Gasteiger partial charge < -0.3 is 9.84 Å². The Kier molecular flexibility index (Phi) is 14.7. The first-order valence-electron chi connectivity index (χ1n) is 14.6. The van der Waals surface area contributed by atoms with Gasteiger partial charge in [0, 0.05) is 13.2 Å². The van der Waals surface area contributed by atoms with Gasteiger partial charge in [-0.05, 0) is 128 Å². The summed E-state index contributed by atoms with van der Waals surface area (Å²) in [4.78, 5) is 0. The summed E-state index contributed by atoms with van der Waals surface area (Å²) >= 11 is 3.53. The summed E-state index contributed by atoms with van der Waals surface area (Å²) in [6.45, 7) is 19.9. The fourth-order valence-corrected chi connectivity index (χ4v) is 7.47. The lowest BCUT2D eigenvalue weighted by Gasteiger charge is -2.60. The van der Waals surface area contributed by atoms with E-state index in [1.165, 1.54) is 61.7 Å². The molecule has 4 atom stereocenters. The zero-order valence-electron chi connectivity index (χ0n) is 25.4. The van der Waals surface area contributed by atoms with Crippen LogP contribution in [-0.4, -0.2) is 30.2 Å². The van der Waals surface area contributed by atoms with E-state index in [2.05, 4.69) is 86.2 Å². The standard InChI is InChI=1S/2C16H28O.CH4S/c1-14(2)8-5-9-15(3)12(14)6-10-16(4)13(15)7-11-17-16;1-14(2)8-5-9-15(3)10-6-11-16(4)12-7-13-17;1-2/h12-13H,5-11H2,1-4H3;8,10,12,17H,5-7,9,11,13H2,1-4H3;2H,1H3/b;15-10+,16-12+;/t12-,13+,15-,16+;;/m0../s1. The number of thiol groups is 1. The molecule has 1 aliphatic heterocycles. The molecule has 1 heterocycles. The van der Waals surface area contributed by atoms with Crippen molar-refractivity contribution in [3.8, 4) is 0 Å². The minimum Gasteiger partial charge on any atom is -0.396 e. The minimum atomic E-state index is 0.207. The number of aliphatic hydroxyl groups excluding tert-OH is 1. The molecule has 0 bridgehead atoms. The summed E-state index contributed by atoms with van der Waals surface area (Å²) in [5.41, 5.74) is 5.58. The molecule has 0 amide bonds. The van der Waals surface area contributed by atoms with Crippen LogP contribution in [0.25, 0.3) is 0 Å². The molecular weight excluding hydrogens is 460 g/mol. The Morgan fingerprint density at radius 3 is 1.97 bits per heavy atom.